The number of hydrogen-bond acceptors (Lipinski definition) is 4. The van der Waals surface area contributed by atoms with E-state index in [1.54, 1.807) is 19.1 Å². The molecule has 0 fully saturated rings. The second-order valence-corrected chi connectivity index (χ2v) is 9.18. The highest BCUT2D eigenvalue weighted by molar-refractivity contribution is 7.89. The number of aryl methyl sites for hydroxylation is 3. The number of fused-ring (bicyclic) bond motifs is 3. The van der Waals surface area contributed by atoms with E-state index in [0.717, 1.165) is 17.7 Å². The molecule has 3 N–H and O–H groups in total. The van der Waals surface area contributed by atoms with Crippen LogP contribution in [0.4, 0.5) is 5.69 Å². The van der Waals surface area contributed by atoms with Crippen molar-refractivity contribution in [1.29, 1.82) is 0 Å². The number of nitrogens with one attached hydrogen (secondary N) is 1. The largest absolute Gasteiger partial charge is 0.321 e. The average Bonchev–Trinajstić information content (AvgIpc) is 3.07. The van der Waals surface area contributed by atoms with Gasteiger partial charge in [-0.05, 0) is 60.2 Å². The molecule has 1 aliphatic rings. The highest BCUT2D eigenvalue weighted by atomic mass is 32.2. The molecule has 138 valence electrons. The van der Waals surface area contributed by atoms with Gasteiger partial charge in [0.05, 0.1) is 9.77 Å². The first-order chi connectivity index (χ1) is 12.8. The summed E-state index contributed by atoms with van der Waals surface area (Å²) in [6.45, 7) is 1.66. The summed E-state index contributed by atoms with van der Waals surface area (Å²) in [7, 11) is -3.84. The Bertz CT molecular complexity index is 1160. The maximum absolute atomic E-state index is 12.7. The predicted molar refractivity (Wildman–Crippen MR) is 108 cm³/mol. The molecule has 0 radical (unpaired) electrons. The van der Waals surface area contributed by atoms with Gasteiger partial charge in [-0.1, -0.05) is 30.3 Å². The third kappa shape index (κ3) is 3.41. The molecule has 0 atom stereocenters. The lowest BCUT2D eigenvalue weighted by Gasteiger charge is -2.15. The number of nitrogens with two attached hydrogens (primary N) is 1. The second-order valence-electron chi connectivity index (χ2n) is 6.60. The maximum Gasteiger partial charge on any atom is 0.265 e. The first-order valence-electron chi connectivity index (χ1n) is 8.49. The van der Waals surface area contributed by atoms with Crippen LogP contribution >= 0.6 is 11.3 Å². The molecule has 0 unspecified atom stereocenters. The Kier molecular flexibility index (Phi) is 4.38. The van der Waals surface area contributed by atoms with E-state index in [-0.39, 0.29) is 10.8 Å². The number of anilines is 1. The Morgan fingerprint density at radius 1 is 1.07 bits per heavy atom. The minimum Gasteiger partial charge on any atom is -0.321 e. The maximum atomic E-state index is 12.7. The van der Waals surface area contributed by atoms with Gasteiger partial charge in [-0.25, -0.2) is 13.6 Å². The lowest BCUT2D eigenvalue weighted by Crippen LogP contribution is -2.15. The summed E-state index contributed by atoms with van der Waals surface area (Å²) in [4.78, 5) is 14.5. The van der Waals surface area contributed by atoms with Crippen LogP contribution < -0.4 is 10.5 Å². The zero-order chi connectivity index (χ0) is 19.2. The highest BCUT2D eigenvalue weighted by Crippen LogP contribution is 2.39. The van der Waals surface area contributed by atoms with Crippen LogP contribution in [-0.2, 0) is 22.9 Å². The topological polar surface area (TPSA) is 89.3 Å². The van der Waals surface area contributed by atoms with Gasteiger partial charge in [-0.15, -0.1) is 11.3 Å². The molecule has 27 heavy (non-hydrogen) atoms. The molecule has 0 saturated heterocycles. The van der Waals surface area contributed by atoms with E-state index in [0.29, 0.717) is 16.1 Å². The molecule has 1 aliphatic carbocycles. The number of thiophene rings is 1. The van der Waals surface area contributed by atoms with Crippen LogP contribution in [0.25, 0.3) is 10.4 Å². The van der Waals surface area contributed by atoms with Crippen molar-refractivity contribution in [3.05, 3.63) is 70.1 Å². The summed E-state index contributed by atoms with van der Waals surface area (Å²) in [5, 5.41) is 8.02. The van der Waals surface area contributed by atoms with Crippen molar-refractivity contribution in [1.82, 2.24) is 0 Å². The van der Waals surface area contributed by atoms with E-state index in [1.165, 1.54) is 34.1 Å². The van der Waals surface area contributed by atoms with Crippen molar-refractivity contribution in [2.45, 2.75) is 24.7 Å². The monoisotopic (exact) mass is 398 g/mol. The number of amides is 1. The SMILES string of the molecule is Cc1ccc(NC(=O)c2cc3c(s2)-c2ccccc2CC3)cc1S(N)(=O)=O. The third-order valence-corrected chi connectivity index (χ3v) is 6.97. The van der Waals surface area contributed by atoms with Crippen LogP contribution in [0, 0.1) is 6.92 Å². The fraction of sp³-hybridized carbons (Fsp3) is 0.150. The minimum atomic E-state index is -3.84. The number of carbonyl (C=O) groups is 1. The summed E-state index contributed by atoms with van der Waals surface area (Å²) >= 11 is 1.46. The van der Waals surface area contributed by atoms with Crippen LogP contribution in [0.2, 0.25) is 0 Å². The van der Waals surface area contributed by atoms with Crippen LogP contribution in [0.3, 0.4) is 0 Å². The summed E-state index contributed by atoms with van der Waals surface area (Å²) in [6, 6.07) is 14.9. The zero-order valence-corrected chi connectivity index (χ0v) is 16.3. The van der Waals surface area contributed by atoms with E-state index >= 15 is 0 Å². The Balaban J connectivity index is 1.64. The third-order valence-electron chi connectivity index (χ3n) is 4.71. The number of carbonyl (C=O) groups excluding carboxylic acids is 1. The van der Waals surface area contributed by atoms with Crippen LogP contribution in [0.1, 0.15) is 26.4 Å². The van der Waals surface area contributed by atoms with Gasteiger partial charge < -0.3 is 5.32 Å². The molecule has 0 saturated carbocycles. The highest BCUT2D eigenvalue weighted by Gasteiger charge is 2.21. The standard InChI is InChI=1S/C20H18N2O3S2/c1-12-6-9-15(11-18(12)27(21,24)25)22-20(23)17-10-14-8-7-13-4-2-3-5-16(13)19(14)26-17/h2-6,9-11H,7-8H2,1H3,(H,22,23)(H2,21,24,25). The minimum absolute atomic E-state index is 0.0136. The van der Waals surface area contributed by atoms with Crippen molar-refractivity contribution in [3.63, 3.8) is 0 Å². The average molecular weight is 399 g/mol. The Morgan fingerprint density at radius 2 is 1.81 bits per heavy atom. The van der Waals surface area contributed by atoms with Crippen molar-refractivity contribution < 1.29 is 13.2 Å². The van der Waals surface area contributed by atoms with E-state index in [9.17, 15) is 13.2 Å². The van der Waals surface area contributed by atoms with E-state index < -0.39 is 10.0 Å². The molecule has 2 aromatic carbocycles. The molecular formula is C20H18N2O3S2. The number of primary sulfonamides is 1. The fourth-order valence-electron chi connectivity index (χ4n) is 3.36. The molecule has 5 nitrogen and oxygen atoms in total. The number of sulfonamides is 1. The predicted octanol–water partition coefficient (Wildman–Crippen LogP) is 3.72. The molecule has 0 bridgehead atoms. The lowest BCUT2D eigenvalue weighted by atomic mass is 9.91. The van der Waals surface area contributed by atoms with Gasteiger partial charge in [-0.3, -0.25) is 4.79 Å². The molecule has 7 heteroatoms. The molecule has 1 heterocycles. The van der Waals surface area contributed by atoms with E-state index in [2.05, 4.69) is 17.4 Å². The van der Waals surface area contributed by atoms with Crippen molar-refractivity contribution >= 4 is 33.0 Å². The molecule has 0 spiro atoms. The molecule has 0 aliphatic heterocycles. The van der Waals surface area contributed by atoms with Gasteiger partial charge in [0.1, 0.15) is 0 Å². The van der Waals surface area contributed by atoms with E-state index in [4.69, 9.17) is 5.14 Å². The zero-order valence-electron chi connectivity index (χ0n) is 14.7. The molecule has 1 amide bonds. The van der Waals surface area contributed by atoms with Gasteiger partial charge in [-0.2, -0.15) is 0 Å². The molecule has 3 aromatic rings. The molecule has 1 aromatic heterocycles. The van der Waals surface area contributed by atoms with Crippen LogP contribution in [-0.4, -0.2) is 14.3 Å². The van der Waals surface area contributed by atoms with Crippen LogP contribution in [0.15, 0.2) is 53.4 Å². The number of hydrogen-bond donors (Lipinski definition) is 2. The summed E-state index contributed by atoms with van der Waals surface area (Å²) < 4.78 is 23.4. The summed E-state index contributed by atoms with van der Waals surface area (Å²) in [5.74, 6) is -0.254. The van der Waals surface area contributed by atoms with Gasteiger partial charge in [0.15, 0.2) is 0 Å². The number of rotatable bonds is 3. The Labute approximate surface area is 161 Å². The molecular weight excluding hydrogens is 380 g/mol. The summed E-state index contributed by atoms with van der Waals surface area (Å²) in [5.41, 5.74) is 4.61. The molecule has 4 rings (SSSR count). The van der Waals surface area contributed by atoms with Crippen LogP contribution in [0.5, 0.6) is 0 Å². The number of benzene rings is 2. The van der Waals surface area contributed by atoms with Crippen molar-refractivity contribution in [2.75, 3.05) is 5.32 Å². The van der Waals surface area contributed by atoms with Crippen molar-refractivity contribution in [3.8, 4) is 10.4 Å². The van der Waals surface area contributed by atoms with Gasteiger partial charge in [0.25, 0.3) is 5.91 Å². The first kappa shape index (κ1) is 17.9. The Morgan fingerprint density at radius 3 is 2.59 bits per heavy atom. The smallest absolute Gasteiger partial charge is 0.265 e. The summed E-state index contributed by atoms with van der Waals surface area (Å²) in [6.07, 6.45) is 1.88. The van der Waals surface area contributed by atoms with Gasteiger partial charge >= 0.3 is 0 Å². The van der Waals surface area contributed by atoms with Gasteiger partial charge in [0, 0.05) is 10.6 Å². The van der Waals surface area contributed by atoms with Crippen molar-refractivity contribution in [2.24, 2.45) is 5.14 Å². The fourth-order valence-corrected chi connectivity index (χ4v) is 5.33. The Hall–Kier alpha value is -2.48. The van der Waals surface area contributed by atoms with E-state index in [1.807, 2.05) is 18.2 Å². The van der Waals surface area contributed by atoms with Gasteiger partial charge in [0.2, 0.25) is 10.0 Å². The normalized spacial score (nSPS) is 13.0. The quantitative estimate of drug-likeness (QED) is 0.705. The first-order valence-corrected chi connectivity index (χ1v) is 10.8. The lowest BCUT2D eigenvalue weighted by molar-refractivity contribution is 0.103. The second kappa shape index (κ2) is 6.60.